The maximum absolute atomic E-state index is 12.6. The highest BCUT2D eigenvalue weighted by atomic mass is 35.5. The standard InChI is InChI=1S/C14H19ClF3N3/c1-19-10-3-5-11(6-4-10)21(2)13-12(15)7-9(8-20-13)14(16,17)18/h7-8,10-11,19H,3-6H2,1-2H3. The zero-order valence-corrected chi connectivity index (χ0v) is 12.8. The van der Waals surface area contributed by atoms with Gasteiger partial charge in [-0.25, -0.2) is 4.98 Å². The lowest BCUT2D eigenvalue weighted by Crippen LogP contribution is -2.40. The molecule has 1 aliphatic carbocycles. The Kier molecular flexibility index (Phi) is 4.99. The van der Waals surface area contributed by atoms with Crippen molar-refractivity contribution in [1.82, 2.24) is 10.3 Å². The third kappa shape index (κ3) is 3.80. The van der Waals surface area contributed by atoms with Crippen LogP contribution in [0.3, 0.4) is 0 Å². The quantitative estimate of drug-likeness (QED) is 0.919. The van der Waals surface area contributed by atoms with E-state index in [-0.39, 0.29) is 11.1 Å². The predicted octanol–water partition coefficient (Wildman–Crippen LogP) is 3.72. The minimum atomic E-state index is -4.42. The Labute approximate surface area is 127 Å². The van der Waals surface area contributed by atoms with E-state index in [1.807, 2.05) is 19.0 Å². The van der Waals surface area contributed by atoms with E-state index in [9.17, 15) is 13.2 Å². The zero-order chi connectivity index (χ0) is 15.6. The highest BCUT2D eigenvalue weighted by Crippen LogP contribution is 2.35. The number of nitrogens with zero attached hydrogens (tertiary/aromatic N) is 2. The Balaban J connectivity index is 2.11. The summed E-state index contributed by atoms with van der Waals surface area (Å²) in [4.78, 5) is 5.81. The van der Waals surface area contributed by atoms with Crippen LogP contribution in [0.15, 0.2) is 12.3 Å². The molecule has 3 nitrogen and oxygen atoms in total. The summed E-state index contributed by atoms with van der Waals surface area (Å²) in [5.41, 5.74) is -0.816. The van der Waals surface area contributed by atoms with Crippen molar-refractivity contribution in [2.24, 2.45) is 0 Å². The van der Waals surface area contributed by atoms with Gasteiger partial charge in [0, 0.05) is 25.3 Å². The molecular weight excluding hydrogens is 303 g/mol. The molecule has 21 heavy (non-hydrogen) atoms. The van der Waals surface area contributed by atoms with E-state index >= 15 is 0 Å². The summed E-state index contributed by atoms with van der Waals surface area (Å²) in [5.74, 6) is 0.414. The second kappa shape index (κ2) is 6.40. The second-order valence-corrected chi connectivity index (χ2v) is 5.84. The van der Waals surface area contributed by atoms with Crippen molar-refractivity contribution in [3.05, 3.63) is 22.8 Å². The Morgan fingerprint density at radius 2 is 1.90 bits per heavy atom. The van der Waals surface area contributed by atoms with Crippen molar-refractivity contribution in [1.29, 1.82) is 0 Å². The number of anilines is 1. The number of aromatic nitrogens is 1. The molecule has 0 radical (unpaired) electrons. The van der Waals surface area contributed by atoms with Gasteiger partial charge in [0.2, 0.25) is 0 Å². The first kappa shape index (κ1) is 16.4. The highest BCUT2D eigenvalue weighted by molar-refractivity contribution is 6.33. The number of alkyl halides is 3. The third-order valence-corrected chi connectivity index (χ3v) is 4.41. The zero-order valence-electron chi connectivity index (χ0n) is 12.0. The molecule has 1 aromatic rings. The monoisotopic (exact) mass is 321 g/mol. The van der Waals surface area contributed by atoms with Gasteiger partial charge >= 0.3 is 6.18 Å². The van der Waals surface area contributed by atoms with E-state index in [0.717, 1.165) is 37.9 Å². The van der Waals surface area contributed by atoms with Gasteiger partial charge in [-0.2, -0.15) is 13.2 Å². The first-order chi connectivity index (χ1) is 9.82. The van der Waals surface area contributed by atoms with Crippen molar-refractivity contribution in [2.75, 3.05) is 19.0 Å². The smallest absolute Gasteiger partial charge is 0.355 e. The summed E-state index contributed by atoms with van der Waals surface area (Å²) in [6.45, 7) is 0. The van der Waals surface area contributed by atoms with Crippen molar-refractivity contribution >= 4 is 17.4 Å². The van der Waals surface area contributed by atoms with Crippen LogP contribution in [0.25, 0.3) is 0 Å². The minimum Gasteiger partial charge on any atom is -0.355 e. The Bertz CT molecular complexity index is 485. The Morgan fingerprint density at radius 3 is 2.38 bits per heavy atom. The van der Waals surface area contributed by atoms with E-state index in [1.54, 1.807) is 0 Å². The van der Waals surface area contributed by atoms with Gasteiger partial charge < -0.3 is 10.2 Å². The van der Waals surface area contributed by atoms with Gasteiger partial charge in [-0.1, -0.05) is 11.6 Å². The summed E-state index contributed by atoms with van der Waals surface area (Å²) in [6, 6.07) is 1.72. The number of halogens is 4. The molecule has 0 aliphatic heterocycles. The fourth-order valence-corrected chi connectivity index (χ4v) is 3.07. The molecule has 0 bridgehead atoms. The maximum atomic E-state index is 12.6. The van der Waals surface area contributed by atoms with Crippen LogP contribution in [-0.2, 0) is 6.18 Å². The van der Waals surface area contributed by atoms with Gasteiger partial charge in [0.15, 0.2) is 0 Å². The Hall–Kier alpha value is -1.01. The normalized spacial score (nSPS) is 23.1. The van der Waals surface area contributed by atoms with Crippen LogP contribution in [0.5, 0.6) is 0 Å². The summed E-state index contributed by atoms with van der Waals surface area (Å²) >= 11 is 5.99. The van der Waals surface area contributed by atoms with Crippen LogP contribution < -0.4 is 10.2 Å². The molecule has 1 heterocycles. The molecule has 0 amide bonds. The van der Waals surface area contributed by atoms with Crippen LogP contribution in [0.2, 0.25) is 5.02 Å². The minimum absolute atomic E-state index is 0.0445. The van der Waals surface area contributed by atoms with Crippen LogP contribution in [0.1, 0.15) is 31.2 Å². The fourth-order valence-electron chi connectivity index (χ4n) is 2.77. The third-order valence-electron chi connectivity index (χ3n) is 4.14. The number of hydrogen-bond donors (Lipinski definition) is 1. The molecule has 0 atom stereocenters. The molecule has 0 unspecified atom stereocenters. The first-order valence-electron chi connectivity index (χ1n) is 6.95. The van der Waals surface area contributed by atoms with E-state index in [1.165, 1.54) is 0 Å². The van der Waals surface area contributed by atoms with Crippen LogP contribution >= 0.6 is 11.6 Å². The molecule has 1 saturated carbocycles. The summed E-state index contributed by atoms with van der Waals surface area (Å²) in [5, 5.41) is 3.30. The molecule has 1 aromatic heterocycles. The van der Waals surface area contributed by atoms with E-state index < -0.39 is 11.7 Å². The van der Waals surface area contributed by atoms with Gasteiger partial charge in [-0.15, -0.1) is 0 Å². The van der Waals surface area contributed by atoms with Crippen molar-refractivity contribution < 1.29 is 13.2 Å². The van der Waals surface area contributed by atoms with Crippen molar-refractivity contribution in [2.45, 2.75) is 43.9 Å². The molecule has 0 saturated heterocycles. The topological polar surface area (TPSA) is 28.2 Å². The average Bonchev–Trinajstić information content (AvgIpc) is 2.45. The van der Waals surface area contributed by atoms with Crippen LogP contribution in [0.4, 0.5) is 19.0 Å². The molecule has 7 heteroatoms. The largest absolute Gasteiger partial charge is 0.417 e. The van der Waals surface area contributed by atoms with Gasteiger partial charge in [-0.05, 0) is 38.8 Å². The lowest BCUT2D eigenvalue weighted by Gasteiger charge is -2.35. The van der Waals surface area contributed by atoms with Crippen molar-refractivity contribution in [3.8, 4) is 0 Å². The second-order valence-electron chi connectivity index (χ2n) is 5.43. The van der Waals surface area contributed by atoms with Gasteiger partial charge in [0.05, 0.1) is 10.6 Å². The summed E-state index contributed by atoms with van der Waals surface area (Å²) < 4.78 is 37.9. The SMILES string of the molecule is CNC1CCC(N(C)c2ncc(C(F)(F)F)cc2Cl)CC1. The molecule has 1 fully saturated rings. The Morgan fingerprint density at radius 1 is 1.29 bits per heavy atom. The number of rotatable bonds is 3. The van der Waals surface area contributed by atoms with Gasteiger partial charge in [0.25, 0.3) is 0 Å². The van der Waals surface area contributed by atoms with Crippen LogP contribution in [-0.4, -0.2) is 31.2 Å². The molecule has 118 valence electrons. The number of hydrogen-bond acceptors (Lipinski definition) is 3. The van der Waals surface area contributed by atoms with Gasteiger partial charge in [-0.3, -0.25) is 0 Å². The molecule has 0 spiro atoms. The molecular formula is C14H19ClF3N3. The number of pyridine rings is 1. The maximum Gasteiger partial charge on any atom is 0.417 e. The molecule has 1 aliphatic rings. The summed E-state index contributed by atoms with van der Waals surface area (Å²) in [6.07, 6.45) is 0.463. The highest BCUT2D eigenvalue weighted by Gasteiger charge is 2.32. The van der Waals surface area contributed by atoms with Gasteiger partial charge in [0.1, 0.15) is 5.82 Å². The van der Waals surface area contributed by atoms with E-state index in [4.69, 9.17) is 11.6 Å². The first-order valence-corrected chi connectivity index (χ1v) is 7.33. The number of nitrogens with one attached hydrogen (secondary N) is 1. The van der Waals surface area contributed by atoms with E-state index in [2.05, 4.69) is 10.3 Å². The predicted molar refractivity (Wildman–Crippen MR) is 77.8 cm³/mol. The van der Waals surface area contributed by atoms with Crippen LogP contribution in [0, 0.1) is 0 Å². The lowest BCUT2D eigenvalue weighted by molar-refractivity contribution is -0.137. The van der Waals surface area contributed by atoms with E-state index in [0.29, 0.717) is 11.9 Å². The van der Waals surface area contributed by atoms with Crippen molar-refractivity contribution in [3.63, 3.8) is 0 Å². The molecule has 2 rings (SSSR count). The lowest BCUT2D eigenvalue weighted by atomic mass is 9.90. The molecule has 1 N–H and O–H groups in total. The fraction of sp³-hybridized carbons (Fsp3) is 0.643. The summed E-state index contributed by atoms with van der Waals surface area (Å²) in [7, 11) is 3.79. The average molecular weight is 322 g/mol. The molecule has 0 aromatic carbocycles.